The lowest BCUT2D eigenvalue weighted by Crippen LogP contribution is -2.44. The number of benzene rings is 1. The minimum absolute atomic E-state index is 0.422. The van der Waals surface area contributed by atoms with Gasteiger partial charge in [0.1, 0.15) is 0 Å². The van der Waals surface area contributed by atoms with Crippen LogP contribution in [0.3, 0.4) is 0 Å². The summed E-state index contributed by atoms with van der Waals surface area (Å²) in [6.45, 7) is 0. The van der Waals surface area contributed by atoms with Gasteiger partial charge in [-0.2, -0.15) is 4.98 Å². The van der Waals surface area contributed by atoms with E-state index < -0.39 is 5.54 Å². The number of hydrogen-bond donors (Lipinski definition) is 1. The minimum atomic E-state index is -0.422. The van der Waals surface area contributed by atoms with Crippen LogP contribution in [0.25, 0.3) is 22.6 Å². The van der Waals surface area contributed by atoms with Crippen LogP contribution in [0.4, 0.5) is 5.69 Å². The second-order valence-corrected chi connectivity index (χ2v) is 6.84. The number of hydrogen-bond acceptors (Lipinski definition) is 6. The van der Waals surface area contributed by atoms with Crippen LogP contribution in [0, 0.1) is 0 Å². The smallest absolute Gasteiger partial charge is 0.259 e. The molecule has 1 aromatic carbocycles. The molecule has 2 heterocycles. The standard InChI is InChI=1S/C19H21N5O/c1-24(2)16-6-4-13(5-7-16)14-10-15(12-21-11-14)17-22-18(23-25-17)19(20)8-3-9-19/h4-7,10-12H,3,8-9,20H2,1-2H3. The molecule has 2 N–H and O–H groups in total. The number of aromatic nitrogens is 3. The fourth-order valence-electron chi connectivity index (χ4n) is 2.99. The highest BCUT2D eigenvalue weighted by atomic mass is 16.5. The van der Waals surface area contributed by atoms with E-state index in [4.69, 9.17) is 10.3 Å². The van der Waals surface area contributed by atoms with Gasteiger partial charge in [-0.05, 0) is 43.0 Å². The Morgan fingerprint density at radius 1 is 1.04 bits per heavy atom. The normalized spacial score (nSPS) is 15.6. The van der Waals surface area contributed by atoms with Gasteiger partial charge in [0.25, 0.3) is 5.89 Å². The molecule has 0 bridgehead atoms. The van der Waals surface area contributed by atoms with Crippen LogP contribution < -0.4 is 10.6 Å². The molecule has 1 aliphatic carbocycles. The van der Waals surface area contributed by atoms with E-state index in [1.54, 1.807) is 6.20 Å². The van der Waals surface area contributed by atoms with Crippen LogP contribution in [0.1, 0.15) is 25.1 Å². The summed E-state index contributed by atoms with van der Waals surface area (Å²) in [6.07, 6.45) is 6.49. The summed E-state index contributed by atoms with van der Waals surface area (Å²) in [7, 11) is 4.05. The molecule has 25 heavy (non-hydrogen) atoms. The molecule has 0 spiro atoms. The molecule has 6 nitrogen and oxygen atoms in total. The maximum atomic E-state index is 6.27. The molecule has 0 aliphatic heterocycles. The van der Waals surface area contributed by atoms with E-state index in [9.17, 15) is 0 Å². The van der Waals surface area contributed by atoms with Crippen molar-refractivity contribution in [2.75, 3.05) is 19.0 Å². The van der Waals surface area contributed by atoms with Crippen molar-refractivity contribution in [3.05, 3.63) is 48.5 Å². The van der Waals surface area contributed by atoms with Crippen molar-refractivity contribution in [2.45, 2.75) is 24.8 Å². The van der Waals surface area contributed by atoms with Crippen molar-refractivity contribution >= 4 is 5.69 Å². The van der Waals surface area contributed by atoms with Gasteiger partial charge in [-0.25, -0.2) is 0 Å². The van der Waals surface area contributed by atoms with Gasteiger partial charge in [-0.3, -0.25) is 4.98 Å². The van der Waals surface area contributed by atoms with Crippen LogP contribution in [0.2, 0.25) is 0 Å². The predicted molar refractivity (Wildman–Crippen MR) is 97.0 cm³/mol. The first-order valence-corrected chi connectivity index (χ1v) is 8.41. The quantitative estimate of drug-likeness (QED) is 0.788. The molecule has 1 saturated carbocycles. The fourth-order valence-corrected chi connectivity index (χ4v) is 2.99. The monoisotopic (exact) mass is 335 g/mol. The van der Waals surface area contributed by atoms with Crippen LogP contribution in [0.15, 0.2) is 47.2 Å². The van der Waals surface area contributed by atoms with Gasteiger partial charge in [0.15, 0.2) is 5.82 Å². The van der Waals surface area contributed by atoms with Crippen molar-refractivity contribution in [2.24, 2.45) is 5.73 Å². The molecule has 2 aromatic heterocycles. The zero-order valence-electron chi connectivity index (χ0n) is 14.4. The van der Waals surface area contributed by atoms with Crippen molar-refractivity contribution in [3.8, 4) is 22.6 Å². The molecule has 4 rings (SSSR count). The summed E-state index contributed by atoms with van der Waals surface area (Å²) in [5.41, 5.74) is 9.91. The number of nitrogens with two attached hydrogens (primary N) is 1. The largest absolute Gasteiger partial charge is 0.378 e. The summed E-state index contributed by atoms with van der Waals surface area (Å²) in [5.74, 6) is 1.06. The summed E-state index contributed by atoms with van der Waals surface area (Å²) < 4.78 is 5.43. The van der Waals surface area contributed by atoms with Crippen molar-refractivity contribution in [3.63, 3.8) is 0 Å². The number of pyridine rings is 1. The Hall–Kier alpha value is -2.73. The number of nitrogens with zero attached hydrogens (tertiary/aromatic N) is 4. The van der Waals surface area contributed by atoms with Crippen molar-refractivity contribution < 1.29 is 4.52 Å². The third-order valence-corrected chi connectivity index (χ3v) is 4.82. The Kier molecular flexibility index (Phi) is 3.77. The molecular weight excluding hydrogens is 314 g/mol. The molecule has 1 aliphatic rings. The first kappa shape index (κ1) is 15.8. The summed E-state index contributed by atoms with van der Waals surface area (Å²) in [6, 6.07) is 10.3. The Labute approximate surface area is 146 Å². The Bertz CT molecular complexity index is 881. The van der Waals surface area contributed by atoms with E-state index in [2.05, 4.69) is 44.3 Å². The van der Waals surface area contributed by atoms with Crippen LogP contribution in [-0.2, 0) is 5.54 Å². The van der Waals surface area contributed by atoms with E-state index in [1.807, 2.05) is 26.4 Å². The lowest BCUT2D eigenvalue weighted by atomic mass is 9.77. The SMILES string of the molecule is CN(C)c1ccc(-c2cncc(-c3nc(C4(N)CCC4)no3)c2)cc1. The first-order valence-electron chi connectivity index (χ1n) is 8.41. The topological polar surface area (TPSA) is 81.1 Å². The lowest BCUT2D eigenvalue weighted by molar-refractivity contribution is 0.229. The highest BCUT2D eigenvalue weighted by molar-refractivity contribution is 5.69. The highest BCUT2D eigenvalue weighted by Gasteiger charge is 2.39. The van der Waals surface area contributed by atoms with Gasteiger partial charge in [-0.15, -0.1) is 0 Å². The molecule has 0 saturated heterocycles. The lowest BCUT2D eigenvalue weighted by Gasteiger charge is -2.34. The van der Waals surface area contributed by atoms with Crippen LogP contribution in [-0.4, -0.2) is 29.2 Å². The van der Waals surface area contributed by atoms with E-state index in [0.717, 1.165) is 41.6 Å². The molecule has 1 fully saturated rings. The first-order chi connectivity index (χ1) is 12.0. The zero-order valence-corrected chi connectivity index (χ0v) is 14.4. The molecule has 0 unspecified atom stereocenters. The molecule has 0 amide bonds. The second-order valence-electron chi connectivity index (χ2n) is 6.84. The molecule has 3 aromatic rings. The number of anilines is 1. The third kappa shape index (κ3) is 2.89. The maximum Gasteiger partial charge on any atom is 0.259 e. The van der Waals surface area contributed by atoms with E-state index >= 15 is 0 Å². The van der Waals surface area contributed by atoms with Gasteiger partial charge >= 0.3 is 0 Å². The third-order valence-electron chi connectivity index (χ3n) is 4.82. The molecule has 6 heteroatoms. The van der Waals surface area contributed by atoms with Crippen LogP contribution in [0.5, 0.6) is 0 Å². The van der Waals surface area contributed by atoms with Crippen LogP contribution >= 0.6 is 0 Å². The average Bonchev–Trinajstić information content (AvgIpc) is 3.10. The van der Waals surface area contributed by atoms with Crippen molar-refractivity contribution in [1.29, 1.82) is 0 Å². The van der Waals surface area contributed by atoms with Crippen molar-refractivity contribution in [1.82, 2.24) is 15.1 Å². The Morgan fingerprint density at radius 2 is 1.76 bits per heavy atom. The Balaban J connectivity index is 1.63. The van der Waals surface area contributed by atoms with E-state index in [0.29, 0.717) is 11.7 Å². The van der Waals surface area contributed by atoms with E-state index in [1.165, 1.54) is 0 Å². The molecular formula is C19H21N5O. The fraction of sp³-hybridized carbons (Fsp3) is 0.316. The minimum Gasteiger partial charge on any atom is -0.378 e. The zero-order chi connectivity index (χ0) is 17.4. The predicted octanol–water partition coefficient (Wildman–Crippen LogP) is 3.20. The molecule has 128 valence electrons. The van der Waals surface area contributed by atoms with Gasteiger partial charge in [0.2, 0.25) is 0 Å². The maximum absolute atomic E-state index is 6.27. The van der Waals surface area contributed by atoms with Gasteiger partial charge in [0, 0.05) is 37.7 Å². The summed E-state index contributed by atoms with van der Waals surface area (Å²) in [4.78, 5) is 10.9. The van der Waals surface area contributed by atoms with Gasteiger partial charge in [0.05, 0.1) is 11.1 Å². The Morgan fingerprint density at radius 3 is 2.40 bits per heavy atom. The summed E-state index contributed by atoms with van der Waals surface area (Å²) >= 11 is 0. The average molecular weight is 335 g/mol. The molecule has 0 atom stereocenters. The highest BCUT2D eigenvalue weighted by Crippen LogP contribution is 2.37. The number of rotatable bonds is 4. The van der Waals surface area contributed by atoms with Gasteiger partial charge < -0.3 is 15.2 Å². The van der Waals surface area contributed by atoms with E-state index in [-0.39, 0.29) is 0 Å². The second kappa shape index (κ2) is 5.97. The molecule has 0 radical (unpaired) electrons. The summed E-state index contributed by atoms with van der Waals surface area (Å²) in [5, 5.41) is 4.08. The van der Waals surface area contributed by atoms with Gasteiger partial charge in [-0.1, -0.05) is 17.3 Å².